The van der Waals surface area contributed by atoms with Crippen LogP contribution in [0.5, 0.6) is 0 Å². The van der Waals surface area contributed by atoms with Crippen molar-refractivity contribution in [1.82, 2.24) is 0 Å². The van der Waals surface area contributed by atoms with E-state index in [1.807, 2.05) is 12.1 Å². The average molecular weight is 316 g/mol. The molecule has 0 radical (unpaired) electrons. The number of hydrogen-bond donors (Lipinski definition) is 1. The van der Waals surface area contributed by atoms with E-state index in [-0.39, 0.29) is 0 Å². The molecule has 0 saturated carbocycles. The normalized spacial score (nSPS) is 16.0. The number of quaternary nitrogens is 1. The van der Waals surface area contributed by atoms with Crippen LogP contribution in [0.25, 0.3) is 0 Å². The first-order valence-corrected chi connectivity index (χ1v) is 8.40. The Morgan fingerprint density at radius 1 is 1.05 bits per heavy atom. The monoisotopic (exact) mass is 315 g/mol. The van der Waals surface area contributed by atoms with Gasteiger partial charge in [0.2, 0.25) is 0 Å². The third kappa shape index (κ3) is 3.63. The SMILES string of the molecule is Cc1ccc(C)c(C[NH+]2CCN(c3cccc(Cl)c3)CC2)c1. The molecule has 1 saturated heterocycles. The molecule has 0 aliphatic carbocycles. The van der Waals surface area contributed by atoms with Crippen molar-refractivity contribution in [2.45, 2.75) is 20.4 Å². The average Bonchev–Trinajstić information content (AvgIpc) is 2.52. The van der Waals surface area contributed by atoms with Crippen molar-refractivity contribution in [3.63, 3.8) is 0 Å². The highest BCUT2D eigenvalue weighted by molar-refractivity contribution is 6.30. The van der Waals surface area contributed by atoms with Crippen LogP contribution < -0.4 is 9.80 Å². The Bertz CT molecular complexity index is 646. The Morgan fingerprint density at radius 2 is 1.82 bits per heavy atom. The number of halogens is 1. The van der Waals surface area contributed by atoms with Gasteiger partial charge in [-0.2, -0.15) is 0 Å². The highest BCUT2D eigenvalue weighted by Gasteiger charge is 2.21. The summed E-state index contributed by atoms with van der Waals surface area (Å²) in [5.41, 5.74) is 5.51. The van der Waals surface area contributed by atoms with Crippen molar-refractivity contribution in [3.8, 4) is 0 Å². The van der Waals surface area contributed by atoms with Gasteiger partial charge in [0.25, 0.3) is 0 Å². The highest BCUT2D eigenvalue weighted by Crippen LogP contribution is 2.19. The highest BCUT2D eigenvalue weighted by atomic mass is 35.5. The number of piperazine rings is 1. The van der Waals surface area contributed by atoms with Crippen molar-refractivity contribution < 1.29 is 4.90 Å². The van der Waals surface area contributed by atoms with Crippen LogP contribution >= 0.6 is 11.6 Å². The third-order valence-electron chi connectivity index (χ3n) is 4.59. The first-order valence-electron chi connectivity index (χ1n) is 8.02. The summed E-state index contributed by atoms with van der Waals surface area (Å²) in [6.07, 6.45) is 0. The molecule has 1 N–H and O–H groups in total. The van der Waals surface area contributed by atoms with Crippen LogP contribution in [-0.2, 0) is 6.54 Å². The molecule has 0 unspecified atom stereocenters. The molecule has 3 heteroatoms. The summed E-state index contributed by atoms with van der Waals surface area (Å²) in [5.74, 6) is 0. The van der Waals surface area contributed by atoms with E-state index in [0.717, 1.165) is 24.7 Å². The van der Waals surface area contributed by atoms with Crippen LogP contribution in [0, 0.1) is 13.8 Å². The standard InChI is InChI=1S/C19H23ClN2/c1-15-6-7-16(2)17(12-15)14-21-8-10-22(11-9-21)19-5-3-4-18(20)13-19/h3-7,12-13H,8-11,14H2,1-2H3/p+1. The first-order chi connectivity index (χ1) is 10.6. The van der Waals surface area contributed by atoms with E-state index in [1.54, 1.807) is 4.90 Å². The maximum absolute atomic E-state index is 6.10. The number of aryl methyl sites for hydroxylation is 2. The van der Waals surface area contributed by atoms with Gasteiger partial charge in [-0.3, -0.25) is 0 Å². The van der Waals surface area contributed by atoms with Crippen LogP contribution in [-0.4, -0.2) is 26.2 Å². The summed E-state index contributed by atoms with van der Waals surface area (Å²) in [5, 5.41) is 0.822. The van der Waals surface area contributed by atoms with Crippen molar-refractivity contribution in [3.05, 3.63) is 64.2 Å². The van der Waals surface area contributed by atoms with E-state index in [9.17, 15) is 0 Å². The van der Waals surface area contributed by atoms with E-state index in [0.29, 0.717) is 0 Å². The van der Waals surface area contributed by atoms with Gasteiger partial charge in [0.15, 0.2) is 0 Å². The van der Waals surface area contributed by atoms with E-state index in [2.05, 4.69) is 49.1 Å². The quantitative estimate of drug-likeness (QED) is 0.915. The van der Waals surface area contributed by atoms with Gasteiger partial charge in [-0.15, -0.1) is 0 Å². The Hall–Kier alpha value is -1.51. The minimum absolute atomic E-state index is 0.822. The molecule has 0 spiro atoms. The lowest BCUT2D eigenvalue weighted by molar-refractivity contribution is -0.914. The zero-order chi connectivity index (χ0) is 15.5. The fourth-order valence-electron chi connectivity index (χ4n) is 3.19. The molecule has 3 rings (SSSR count). The third-order valence-corrected chi connectivity index (χ3v) is 4.82. The number of hydrogen-bond acceptors (Lipinski definition) is 1. The number of nitrogens with one attached hydrogen (secondary N) is 1. The van der Waals surface area contributed by atoms with E-state index in [4.69, 9.17) is 11.6 Å². The summed E-state index contributed by atoms with van der Waals surface area (Å²) in [6, 6.07) is 15.0. The largest absolute Gasteiger partial charge is 0.360 e. The molecule has 2 aromatic rings. The fourth-order valence-corrected chi connectivity index (χ4v) is 3.38. The van der Waals surface area contributed by atoms with Crippen molar-refractivity contribution >= 4 is 17.3 Å². The van der Waals surface area contributed by atoms with Gasteiger partial charge in [0.1, 0.15) is 6.54 Å². The van der Waals surface area contributed by atoms with Gasteiger partial charge in [0.05, 0.1) is 26.2 Å². The molecule has 22 heavy (non-hydrogen) atoms. The van der Waals surface area contributed by atoms with Crippen LogP contribution in [0.2, 0.25) is 5.02 Å². The lowest BCUT2D eigenvalue weighted by Crippen LogP contribution is -3.13. The maximum atomic E-state index is 6.10. The molecule has 1 aliphatic rings. The second kappa shape index (κ2) is 6.72. The van der Waals surface area contributed by atoms with Gasteiger partial charge in [-0.05, 0) is 37.6 Å². The summed E-state index contributed by atoms with van der Waals surface area (Å²) >= 11 is 6.10. The Balaban J connectivity index is 1.61. The predicted molar refractivity (Wildman–Crippen MR) is 94.0 cm³/mol. The molecular weight excluding hydrogens is 292 g/mol. The van der Waals surface area contributed by atoms with Gasteiger partial charge in [-0.1, -0.05) is 41.4 Å². The summed E-state index contributed by atoms with van der Waals surface area (Å²) < 4.78 is 0. The zero-order valence-electron chi connectivity index (χ0n) is 13.4. The lowest BCUT2D eigenvalue weighted by atomic mass is 10.0. The topological polar surface area (TPSA) is 7.68 Å². The molecule has 2 aromatic carbocycles. The molecule has 0 bridgehead atoms. The number of benzene rings is 2. The second-order valence-electron chi connectivity index (χ2n) is 6.32. The minimum Gasteiger partial charge on any atom is -0.360 e. The molecular formula is C19H24ClN2+. The van der Waals surface area contributed by atoms with E-state index < -0.39 is 0 Å². The van der Waals surface area contributed by atoms with E-state index >= 15 is 0 Å². The molecule has 0 aromatic heterocycles. The van der Waals surface area contributed by atoms with Gasteiger partial charge < -0.3 is 9.80 Å². The zero-order valence-corrected chi connectivity index (χ0v) is 14.2. The van der Waals surface area contributed by atoms with E-state index in [1.165, 1.54) is 35.5 Å². The predicted octanol–water partition coefficient (Wildman–Crippen LogP) is 2.86. The number of rotatable bonds is 3. The second-order valence-corrected chi connectivity index (χ2v) is 6.76. The molecule has 1 aliphatic heterocycles. The lowest BCUT2D eigenvalue weighted by Gasteiger charge is -2.34. The smallest absolute Gasteiger partial charge is 0.103 e. The Kier molecular flexibility index (Phi) is 4.70. The summed E-state index contributed by atoms with van der Waals surface area (Å²) in [4.78, 5) is 4.12. The number of nitrogens with zero attached hydrogens (tertiary/aromatic N) is 1. The molecule has 0 amide bonds. The minimum atomic E-state index is 0.822. The van der Waals surface area contributed by atoms with Gasteiger partial charge >= 0.3 is 0 Å². The molecule has 1 fully saturated rings. The van der Waals surface area contributed by atoms with Crippen molar-refractivity contribution in [1.29, 1.82) is 0 Å². The first kappa shape index (κ1) is 15.4. The van der Waals surface area contributed by atoms with Crippen LogP contribution in [0.15, 0.2) is 42.5 Å². The van der Waals surface area contributed by atoms with Crippen LogP contribution in [0.1, 0.15) is 16.7 Å². The van der Waals surface area contributed by atoms with Crippen LogP contribution in [0.4, 0.5) is 5.69 Å². The Morgan fingerprint density at radius 3 is 2.55 bits per heavy atom. The number of anilines is 1. The molecule has 116 valence electrons. The van der Waals surface area contributed by atoms with Gasteiger partial charge in [-0.25, -0.2) is 0 Å². The molecule has 2 nitrogen and oxygen atoms in total. The van der Waals surface area contributed by atoms with Crippen LogP contribution in [0.3, 0.4) is 0 Å². The molecule has 0 atom stereocenters. The van der Waals surface area contributed by atoms with Gasteiger partial charge in [0, 0.05) is 16.3 Å². The van der Waals surface area contributed by atoms with Crippen molar-refractivity contribution in [2.75, 3.05) is 31.1 Å². The Labute approximate surface area is 138 Å². The maximum Gasteiger partial charge on any atom is 0.103 e. The summed E-state index contributed by atoms with van der Waals surface area (Å²) in [7, 11) is 0. The molecule has 1 heterocycles. The summed E-state index contributed by atoms with van der Waals surface area (Å²) in [6.45, 7) is 10.1. The van der Waals surface area contributed by atoms with Crippen molar-refractivity contribution in [2.24, 2.45) is 0 Å². The fraction of sp³-hybridized carbons (Fsp3) is 0.368.